The van der Waals surface area contributed by atoms with Crippen molar-refractivity contribution in [2.75, 3.05) is 6.54 Å². The summed E-state index contributed by atoms with van der Waals surface area (Å²) in [7, 11) is 0. The standard InChI is InChI=1S/C20H19ClN4O/c1-13-11-20(2,26)25(24-13)18-12-22-19(14-6-4-3-5-7-14)16-10-15(21)8-9-17(16)23-18/h3-10,26H,11-12H2,1-2H3. The van der Waals surface area contributed by atoms with E-state index in [1.54, 1.807) is 11.9 Å². The number of aliphatic hydroxyl groups is 1. The minimum atomic E-state index is -1.09. The molecule has 1 atom stereocenters. The van der Waals surface area contributed by atoms with Gasteiger partial charge in [0.25, 0.3) is 0 Å². The molecule has 2 heterocycles. The number of hydrogen-bond donors (Lipinski definition) is 1. The smallest absolute Gasteiger partial charge is 0.162 e. The Balaban J connectivity index is 1.85. The van der Waals surface area contributed by atoms with Crippen LogP contribution in [0, 0.1) is 0 Å². The molecular formula is C20H19ClN4O. The maximum atomic E-state index is 10.7. The summed E-state index contributed by atoms with van der Waals surface area (Å²) in [6.45, 7) is 3.96. The number of rotatable bonds is 1. The predicted molar refractivity (Wildman–Crippen MR) is 106 cm³/mol. The molecule has 0 aromatic heterocycles. The Hall–Kier alpha value is -2.50. The minimum Gasteiger partial charge on any atom is -0.369 e. The molecule has 0 saturated carbocycles. The molecule has 0 fully saturated rings. The van der Waals surface area contributed by atoms with Crippen molar-refractivity contribution in [1.29, 1.82) is 0 Å². The molecule has 2 aliphatic heterocycles. The van der Waals surface area contributed by atoms with E-state index in [1.807, 2.05) is 55.5 Å². The monoisotopic (exact) mass is 366 g/mol. The molecule has 4 rings (SSSR count). The zero-order valence-electron chi connectivity index (χ0n) is 14.6. The average Bonchev–Trinajstić information content (AvgIpc) is 2.78. The molecule has 5 nitrogen and oxygen atoms in total. The molecule has 2 aliphatic rings. The van der Waals surface area contributed by atoms with Crippen molar-refractivity contribution in [1.82, 2.24) is 5.01 Å². The molecule has 0 radical (unpaired) electrons. The van der Waals surface area contributed by atoms with Gasteiger partial charge in [-0.05, 0) is 32.0 Å². The lowest BCUT2D eigenvalue weighted by atomic mass is 10.0. The predicted octanol–water partition coefficient (Wildman–Crippen LogP) is 4.01. The molecule has 0 spiro atoms. The summed E-state index contributed by atoms with van der Waals surface area (Å²) in [5.41, 5.74) is 3.24. The Kier molecular flexibility index (Phi) is 4.13. The van der Waals surface area contributed by atoms with Crippen molar-refractivity contribution in [3.8, 4) is 0 Å². The zero-order valence-corrected chi connectivity index (χ0v) is 15.4. The fourth-order valence-electron chi connectivity index (χ4n) is 3.37. The van der Waals surface area contributed by atoms with E-state index < -0.39 is 5.72 Å². The van der Waals surface area contributed by atoms with Gasteiger partial charge in [0, 0.05) is 28.3 Å². The maximum absolute atomic E-state index is 10.7. The average molecular weight is 367 g/mol. The summed E-state index contributed by atoms with van der Waals surface area (Å²) in [5, 5.41) is 17.4. The first kappa shape index (κ1) is 16.9. The van der Waals surface area contributed by atoms with Crippen LogP contribution in [0.2, 0.25) is 5.02 Å². The largest absolute Gasteiger partial charge is 0.369 e. The van der Waals surface area contributed by atoms with Gasteiger partial charge in [-0.2, -0.15) is 5.10 Å². The van der Waals surface area contributed by atoms with Crippen molar-refractivity contribution < 1.29 is 5.11 Å². The summed E-state index contributed by atoms with van der Waals surface area (Å²) >= 11 is 6.23. The molecule has 2 aromatic rings. The molecule has 6 heteroatoms. The third-order valence-corrected chi connectivity index (χ3v) is 4.69. The van der Waals surface area contributed by atoms with Crippen LogP contribution in [-0.2, 0) is 0 Å². The van der Waals surface area contributed by atoms with Crippen LogP contribution in [0.1, 0.15) is 31.4 Å². The highest BCUT2D eigenvalue weighted by atomic mass is 35.5. The van der Waals surface area contributed by atoms with Gasteiger partial charge in [-0.3, -0.25) is 4.99 Å². The third-order valence-electron chi connectivity index (χ3n) is 4.45. The molecule has 1 N–H and O–H groups in total. The van der Waals surface area contributed by atoms with Gasteiger partial charge in [-0.25, -0.2) is 10.0 Å². The van der Waals surface area contributed by atoms with E-state index in [-0.39, 0.29) is 0 Å². The van der Waals surface area contributed by atoms with Crippen molar-refractivity contribution in [3.05, 3.63) is 64.7 Å². The van der Waals surface area contributed by atoms with E-state index in [2.05, 4.69) is 5.10 Å². The van der Waals surface area contributed by atoms with Crippen LogP contribution in [0.4, 0.5) is 5.69 Å². The van der Waals surface area contributed by atoms with E-state index in [1.165, 1.54) is 0 Å². The summed E-state index contributed by atoms with van der Waals surface area (Å²) < 4.78 is 0. The lowest BCUT2D eigenvalue weighted by Gasteiger charge is -2.29. The fourth-order valence-corrected chi connectivity index (χ4v) is 3.54. The van der Waals surface area contributed by atoms with Crippen molar-refractivity contribution in [3.63, 3.8) is 0 Å². The minimum absolute atomic E-state index is 0.323. The van der Waals surface area contributed by atoms with Gasteiger partial charge < -0.3 is 5.11 Å². The van der Waals surface area contributed by atoms with E-state index in [4.69, 9.17) is 21.6 Å². The molecule has 0 aliphatic carbocycles. The molecule has 2 aromatic carbocycles. The molecule has 1 unspecified atom stereocenters. The Labute approximate surface area is 157 Å². The maximum Gasteiger partial charge on any atom is 0.162 e. The molecule has 0 amide bonds. The number of amidine groups is 1. The van der Waals surface area contributed by atoms with Crippen molar-refractivity contribution >= 4 is 34.5 Å². The van der Waals surface area contributed by atoms with Crippen LogP contribution >= 0.6 is 11.6 Å². The van der Waals surface area contributed by atoms with E-state index in [0.717, 1.165) is 28.2 Å². The number of hydrazone groups is 1. The van der Waals surface area contributed by atoms with Gasteiger partial charge >= 0.3 is 0 Å². The van der Waals surface area contributed by atoms with Crippen molar-refractivity contribution in [2.24, 2.45) is 15.1 Å². The third kappa shape index (κ3) is 3.04. The highest BCUT2D eigenvalue weighted by Crippen LogP contribution is 2.31. The highest BCUT2D eigenvalue weighted by molar-refractivity contribution is 6.31. The first-order chi connectivity index (χ1) is 12.4. The van der Waals surface area contributed by atoms with Crippen LogP contribution in [0.3, 0.4) is 0 Å². The zero-order chi connectivity index (χ0) is 18.3. The molecular weight excluding hydrogens is 348 g/mol. The summed E-state index contributed by atoms with van der Waals surface area (Å²) in [6.07, 6.45) is 0.481. The van der Waals surface area contributed by atoms with E-state index in [9.17, 15) is 5.11 Å². The second-order valence-electron chi connectivity index (χ2n) is 6.76. The number of hydrogen-bond acceptors (Lipinski definition) is 5. The molecule has 132 valence electrons. The van der Waals surface area contributed by atoms with Crippen LogP contribution in [0.15, 0.2) is 63.6 Å². The highest BCUT2D eigenvalue weighted by Gasteiger charge is 2.38. The Morgan fingerprint density at radius 2 is 1.92 bits per heavy atom. The second-order valence-corrected chi connectivity index (χ2v) is 7.20. The van der Waals surface area contributed by atoms with Crippen LogP contribution in [0.5, 0.6) is 0 Å². The van der Waals surface area contributed by atoms with Crippen LogP contribution in [0.25, 0.3) is 0 Å². The fraction of sp³-hybridized carbons (Fsp3) is 0.250. The van der Waals surface area contributed by atoms with Crippen LogP contribution in [-0.4, -0.2) is 39.6 Å². The van der Waals surface area contributed by atoms with Crippen LogP contribution < -0.4 is 0 Å². The first-order valence-electron chi connectivity index (χ1n) is 8.48. The molecule has 0 saturated heterocycles. The summed E-state index contributed by atoms with van der Waals surface area (Å²) in [6, 6.07) is 15.5. The normalized spacial score (nSPS) is 22.3. The van der Waals surface area contributed by atoms with Crippen molar-refractivity contribution in [2.45, 2.75) is 26.0 Å². The summed E-state index contributed by atoms with van der Waals surface area (Å²) in [5.74, 6) is 0.612. The van der Waals surface area contributed by atoms with Gasteiger partial charge in [0.1, 0.15) is 5.84 Å². The van der Waals surface area contributed by atoms with Gasteiger partial charge in [-0.15, -0.1) is 0 Å². The first-order valence-corrected chi connectivity index (χ1v) is 8.86. The van der Waals surface area contributed by atoms with E-state index >= 15 is 0 Å². The number of nitrogens with zero attached hydrogens (tertiary/aromatic N) is 4. The number of aliphatic imine (C=N–C) groups is 2. The lowest BCUT2D eigenvalue weighted by molar-refractivity contribution is -0.0334. The Morgan fingerprint density at radius 3 is 2.62 bits per heavy atom. The number of halogens is 1. The number of fused-ring (bicyclic) bond motifs is 1. The van der Waals surface area contributed by atoms with E-state index in [0.29, 0.717) is 23.8 Å². The SMILES string of the molecule is CC1=NN(C2=Nc3ccc(Cl)cc3C(c3ccccc3)=NC2)C(C)(O)C1. The van der Waals surface area contributed by atoms with Gasteiger partial charge in [0.2, 0.25) is 0 Å². The quantitative estimate of drug-likeness (QED) is 0.828. The Bertz CT molecular complexity index is 948. The second kappa shape index (κ2) is 6.34. The topological polar surface area (TPSA) is 60.5 Å². The van der Waals surface area contributed by atoms with Gasteiger partial charge in [0.15, 0.2) is 5.72 Å². The van der Waals surface area contributed by atoms with Gasteiger partial charge in [-0.1, -0.05) is 41.9 Å². The Morgan fingerprint density at radius 1 is 1.15 bits per heavy atom. The lowest BCUT2D eigenvalue weighted by Crippen LogP contribution is -2.44. The molecule has 0 bridgehead atoms. The molecule has 26 heavy (non-hydrogen) atoms. The number of benzene rings is 2. The summed E-state index contributed by atoms with van der Waals surface area (Å²) in [4.78, 5) is 9.57. The van der Waals surface area contributed by atoms with Gasteiger partial charge in [0.05, 0.1) is 17.9 Å².